The molecule has 24 heavy (non-hydrogen) atoms. The fourth-order valence-electron chi connectivity index (χ4n) is 2.13. The molecule has 1 N–H and O–H groups in total. The molecule has 1 saturated heterocycles. The van der Waals surface area contributed by atoms with Crippen LogP contribution in [-0.4, -0.2) is 69.4 Å². The first-order valence-electron chi connectivity index (χ1n) is 7.11. The van der Waals surface area contributed by atoms with Gasteiger partial charge in [0.25, 0.3) is 0 Å². The molecule has 1 amide bonds. The summed E-state index contributed by atoms with van der Waals surface area (Å²) in [5.74, 6) is -0.0924. The number of amides is 1. The highest BCUT2D eigenvalue weighted by Gasteiger charge is 2.28. The molecule has 0 radical (unpaired) electrons. The summed E-state index contributed by atoms with van der Waals surface area (Å²) < 4.78 is 47.6. The minimum Gasteiger partial charge on any atom is -0.352 e. The number of sulfone groups is 1. The van der Waals surface area contributed by atoms with E-state index in [4.69, 9.17) is 0 Å². The zero-order chi connectivity index (χ0) is 18.0. The molecule has 2 rings (SSSR count). The molecule has 1 aromatic rings. The van der Waals surface area contributed by atoms with Gasteiger partial charge in [-0.15, -0.1) is 0 Å². The molecular formula is C13H19N3O5S3. The zero-order valence-corrected chi connectivity index (χ0v) is 15.7. The van der Waals surface area contributed by atoms with E-state index in [1.165, 1.54) is 32.4 Å². The minimum atomic E-state index is -3.53. The predicted molar refractivity (Wildman–Crippen MR) is 91.0 cm³/mol. The van der Waals surface area contributed by atoms with E-state index < -0.39 is 19.9 Å². The van der Waals surface area contributed by atoms with Crippen molar-refractivity contribution < 1.29 is 21.6 Å². The quantitative estimate of drug-likeness (QED) is 0.662. The molecule has 11 heteroatoms. The van der Waals surface area contributed by atoms with Crippen molar-refractivity contribution in [1.29, 1.82) is 0 Å². The number of pyridine rings is 1. The fraction of sp³-hybridized carbons (Fsp3) is 0.538. The molecule has 1 aliphatic heterocycles. The summed E-state index contributed by atoms with van der Waals surface area (Å²) in [6.45, 7) is 0. The number of carbonyl (C=O) groups is 1. The van der Waals surface area contributed by atoms with Gasteiger partial charge in [-0.3, -0.25) is 4.79 Å². The maximum absolute atomic E-state index is 11.9. The fourth-order valence-corrected chi connectivity index (χ4v) is 5.31. The van der Waals surface area contributed by atoms with Crippen LogP contribution in [0.4, 0.5) is 0 Å². The second-order valence-corrected chi connectivity index (χ2v) is 11.0. The van der Waals surface area contributed by atoms with E-state index in [1.54, 1.807) is 0 Å². The minimum absolute atomic E-state index is 0.0151. The average molecular weight is 394 g/mol. The Morgan fingerprint density at radius 2 is 2.12 bits per heavy atom. The van der Waals surface area contributed by atoms with Crippen molar-refractivity contribution in [3.05, 3.63) is 18.3 Å². The summed E-state index contributed by atoms with van der Waals surface area (Å²) in [6.07, 6.45) is 1.69. The SMILES string of the molecule is CN(C)S(=O)(=O)c1ccc(SCC(=O)N[C@H]2CCS(=O)(=O)C2)nc1. The van der Waals surface area contributed by atoms with Crippen LogP contribution in [0.1, 0.15) is 6.42 Å². The van der Waals surface area contributed by atoms with Gasteiger partial charge in [0.2, 0.25) is 15.9 Å². The van der Waals surface area contributed by atoms with Crippen molar-refractivity contribution in [2.45, 2.75) is 22.4 Å². The van der Waals surface area contributed by atoms with Gasteiger partial charge in [0.1, 0.15) is 4.90 Å². The van der Waals surface area contributed by atoms with Gasteiger partial charge in [0.15, 0.2) is 9.84 Å². The summed E-state index contributed by atoms with van der Waals surface area (Å²) in [5.41, 5.74) is 0. The molecule has 8 nitrogen and oxygen atoms in total. The Morgan fingerprint density at radius 3 is 2.62 bits per heavy atom. The van der Waals surface area contributed by atoms with Crippen LogP contribution in [0.3, 0.4) is 0 Å². The lowest BCUT2D eigenvalue weighted by atomic mass is 10.3. The first-order valence-corrected chi connectivity index (χ1v) is 11.4. The highest BCUT2D eigenvalue weighted by molar-refractivity contribution is 7.99. The van der Waals surface area contributed by atoms with Crippen molar-refractivity contribution in [2.24, 2.45) is 0 Å². The summed E-state index contributed by atoms with van der Waals surface area (Å²) in [5, 5.41) is 3.20. The van der Waals surface area contributed by atoms with Gasteiger partial charge in [0.05, 0.1) is 22.3 Å². The number of sulfonamides is 1. The molecule has 134 valence electrons. The predicted octanol–water partition coefficient (Wildman–Crippen LogP) is -0.273. The summed E-state index contributed by atoms with van der Waals surface area (Å²) in [6, 6.07) is 2.64. The number of aromatic nitrogens is 1. The molecule has 0 aliphatic carbocycles. The monoisotopic (exact) mass is 393 g/mol. The lowest BCUT2D eigenvalue weighted by molar-refractivity contribution is -0.119. The average Bonchev–Trinajstić information content (AvgIpc) is 2.84. The van der Waals surface area contributed by atoms with Crippen LogP contribution in [-0.2, 0) is 24.7 Å². The summed E-state index contributed by atoms with van der Waals surface area (Å²) in [4.78, 5) is 16.0. The Morgan fingerprint density at radius 1 is 1.42 bits per heavy atom. The van der Waals surface area contributed by atoms with Gasteiger partial charge in [-0.05, 0) is 18.6 Å². The van der Waals surface area contributed by atoms with Crippen LogP contribution in [0.15, 0.2) is 28.3 Å². The third-order valence-corrected chi connectivity index (χ3v) is 7.95. The third-order valence-electron chi connectivity index (χ3n) is 3.44. The van der Waals surface area contributed by atoms with Gasteiger partial charge < -0.3 is 5.32 Å². The number of hydrogen-bond donors (Lipinski definition) is 1. The first kappa shape index (κ1) is 19.2. The molecule has 2 heterocycles. The molecule has 1 fully saturated rings. The molecule has 0 aromatic carbocycles. The number of nitrogens with zero attached hydrogens (tertiary/aromatic N) is 2. The van der Waals surface area contributed by atoms with Gasteiger partial charge in [-0.1, -0.05) is 11.8 Å². The van der Waals surface area contributed by atoms with E-state index in [2.05, 4.69) is 10.3 Å². The molecule has 0 unspecified atom stereocenters. The normalized spacial score (nSPS) is 20.2. The Kier molecular flexibility index (Phi) is 5.89. The maximum atomic E-state index is 11.9. The van der Waals surface area contributed by atoms with Gasteiger partial charge in [0, 0.05) is 26.3 Å². The van der Waals surface area contributed by atoms with Crippen molar-refractivity contribution in [1.82, 2.24) is 14.6 Å². The molecule has 1 atom stereocenters. The highest BCUT2D eigenvalue weighted by Crippen LogP contribution is 2.19. The van der Waals surface area contributed by atoms with E-state index in [-0.39, 0.29) is 34.1 Å². The lowest BCUT2D eigenvalue weighted by Crippen LogP contribution is -2.36. The van der Waals surface area contributed by atoms with E-state index >= 15 is 0 Å². The van der Waals surface area contributed by atoms with Gasteiger partial charge in [-0.25, -0.2) is 26.1 Å². The molecule has 0 bridgehead atoms. The highest BCUT2D eigenvalue weighted by atomic mass is 32.2. The van der Waals surface area contributed by atoms with Gasteiger partial charge >= 0.3 is 0 Å². The van der Waals surface area contributed by atoms with Crippen LogP contribution in [0.5, 0.6) is 0 Å². The number of carbonyl (C=O) groups excluding carboxylic acids is 1. The van der Waals surface area contributed by atoms with E-state index in [0.717, 1.165) is 16.1 Å². The Bertz CT molecular complexity index is 804. The van der Waals surface area contributed by atoms with Crippen LogP contribution >= 0.6 is 11.8 Å². The molecule has 1 aliphatic rings. The molecule has 1 aromatic heterocycles. The van der Waals surface area contributed by atoms with Crippen LogP contribution in [0.2, 0.25) is 0 Å². The van der Waals surface area contributed by atoms with Crippen molar-refractivity contribution in [2.75, 3.05) is 31.4 Å². The molecule has 0 spiro atoms. The van der Waals surface area contributed by atoms with Crippen LogP contribution in [0, 0.1) is 0 Å². The first-order chi connectivity index (χ1) is 11.1. The third kappa shape index (κ3) is 4.91. The smallest absolute Gasteiger partial charge is 0.244 e. The second-order valence-electron chi connectivity index (χ2n) is 5.58. The molecular weight excluding hydrogens is 374 g/mol. The largest absolute Gasteiger partial charge is 0.352 e. The van der Waals surface area contributed by atoms with Gasteiger partial charge in [-0.2, -0.15) is 0 Å². The summed E-state index contributed by atoms with van der Waals surface area (Å²) in [7, 11) is -3.68. The van der Waals surface area contributed by atoms with E-state index in [0.29, 0.717) is 11.4 Å². The summed E-state index contributed by atoms with van der Waals surface area (Å²) >= 11 is 1.16. The Labute approximate surface area is 146 Å². The number of thioether (sulfide) groups is 1. The standard InChI is InChI=1S/C13H19N3O5S3/c1-16(2)24(20,21)11-3-4-13(14-7-11)22-8-12(17)15-10-5-6-23(18,19)9-10/h3-4,7,10H,5-6,8-9H2,1-2H3,(H,15,17)/t10-/m0/s1. The Hall–Kier alpha value is -1.17. The van der Waals surface area contributed by atoms with E-state index in [9.17, 15) is 21.6 Å². The van der Waals surface area contributed by atoms with Crippen molar-refractivity contribution >= 4 is 37.5 Å². The topological polar surface area (TPSA) is 114 Å². The maximum Gasteiger partial charge on any atom is 0.244 e. The second kappa shape index (κ2) is 7.38. The zero-order valence-electron chi connectivity index (χ0n) is 13.3. The van der Waals surface area contributed by atoms with Crippen LogP contribution < -0.4 is 5.32 Å². The number of hydrogen-bond acceptors (Lipinski definition) is 7. The van der Waals surface area contributed by atoms with Crippen molar-refractivity contribution in [3.63, 3.8) is 0 Å². The lowest BCUT2D eigenvalue weighted by Gasteiger charge is -2.11. The van der Waals surface area contributed by atoms with Crippen LogP contribution in [0.25, 0.3) is 0 Å². The van der Waals surface area contributed by atoms with E-state index in [1.807, 2.05) is 0 Å². The Balaban J connectivity index is 1.87. The number of rotatable bonds is 6. The van der Waals surface area contributed by atoms with Crippen molar-refractivity contribution in [3.8, 4) is 0 Å². The molecule has 0 saturated carbocycles. The number of nitrogens with one attached hydrogen (secondary N) is 1.